The van der Waals surface area contributed by atoms with Crippen LogP contribution in [0.1, 0.15) is 11.1 Å². The van der Waals surface area contributed by atoms with Gasteiger partial charge in [-0.05, 0) is 23.3 Å². The second-order valence-corrected chi connectivity index (χ2v) is 7.35. The quantitative estimate of drug-likeness (QED) is 0.525. The lowest BCUT2D eigenvalue weighted by atomic mass is 10.0. The number of halogens is 1. The lowest BCUT2D eigenvalue weighted by Crippen LogP contribution is -2.49. The van der Waals surface area contributed by atoms with E-state index in [1.807, 2.05) is 42.5 Å². The number of hydrogen-bond donors (Lipinski definition) is 3. The number of epoxide rings is 1. The van der Waals surface area contributed by atoms with Crippen molar-refractivity contribution < 1.29 is 19.1 Å². The number of ether oxygens (including phenoxy) is 1. The standard InChI is InChI=1S/C22H26N4O4.ClH/c1-26(2)22(29)17(12-14-6-4-3-5-7-14)25-21(28)19-18(30-19)20(27)24-16-10-8-15(13-23)9-11-16;/h3-11,17-19H,12-13,23H2,1-2H3,(H,24,27)(H,25,28);1H/t17-,18?,19?;/m0./s1. The predicted molar refractivity (Wildman–Crippen MR) is 120 cm³/mol. The molecule has 1 heterocycles. The summed E-state index contributed by atoms with van der Waals surface area (Å²) in [5.41, 5.74) is 8.02. The number of nitrogens with two attached hydrogens (primary N) is 1. The first-order valence-corrected chi connectivity index (χ1v) is 9.70. The molecule has 0 bridgehead atoms. The molecule has 9 heteroatoms. The summed E-state index contributed by atoms with van der Waals surface area (Å²) >= 11 is 0. The van der Waals surface area contributed by atoms with Crippen LogP contribution in [-0.4, -0.2) is 55.0 Å². The first kappa shape index (κ1) is 24.3. The zero-order valence-electron chi connectivity index (χ0n) is 17.4. The molecule has 1 aliphatic rings. The molecule has 3 atom stereocenters. The average molecular weight is 447 g/mol. The molecule has 2 aromatic rings. The number of nitrogens with zero attached hydrogens (tertiary/aromatic N) is 1. The van der Waals surface area contributed by atoms with Crippen molar-refractivity contribution in [1.82, 2.24) is 10.2 Å². The lowest BCUT2D eigenvalue weighted by molar-refractivity contribution is -0.134. The van der Waals surface area contributed by atoms with Gasteiger partial charge in [0.2, 0.25) is 5.91 Å². The van der Waals surface area contributed by atoms with Crippen molar-refractivity contribution >= 4 is 35.8 Å². The molecule has 1 aliphatic heterocycles. The van der Waals surface area contributed by atoms with E-state index in [1.165, 1.54) is 4.90 Å². The van der Waals surface area contributed by atoms with Crippen LogP contribution in [0.4, 0.5) is 5.69 Å². The van der Waals surface area contributed by atoms with Crippen molar-refractivity contribution in [3.8, 4) is 0 Å². The first-order valence-electron chi connectivity index (χ1n) is 9.70. The van der Waals surface area contributed by atoms with E-state index in [0.29, 0.717) is 18.7 Å². The zero-order chi connectivity index (χ0) is 21.7. The van der Waals surface area contributed by atoms with E-state index in [1.54, 1.807) is 26.2 Å². The number of likely N-dealkylation sites (N-methyl/N-ethyl adjacent to an activating group) is 1. The Morgan fingerprint density at radius 1 is 0.968 bits per heavy atom. The third kappa shape index (κ3) is 6.52. The lowest BCUT2D eigenvalue weighted by Gasteiger charge is -2.21. The zero-order valence-corrected chi connectivity index (χ0v) is 18.2. The van der Waals surface area contributed by atoms with Crippen molar-refractivity contribution in [2.75, 3.05) is 19.4 Å². The highest BCUT2D eigenvalue weighted by molar-refractivity contribution is 6.02. The summed E-state index contributed by atoms with van der Waals surface area (Å²) in [6.07, 6.45) is -1.45. The number of benzene rings is 2. The highest BCUT2D eigenvalue weighted by atomic mass is 35.5. The minimum Gasteiger partial charge on any atom is -0.349 e. The molecule has 2 aromatic carbocycles. The monoisotopic (exact) mass is 446 g/mol. The summed E-state index contributed by atoms with van der Waals surface area (Å²) in [7, 11) is 3.26. The summed E-state index contributed by atoms with van der Waals surface area (Å²) in [6, 6.07) is 15.8. The van der Waals surface area contributed by atoms with Gasteiger partial charge in [0, 0.05) is 32.7 Å². The predicted octanol–water partition coefficient (Wildman–Crippen LogP) is 1.09. The molecule has 0 saturated carbocycles. The van der Waals surface area contributed by atoms with Crippen LogP contribution in [-0.2, 0) is 32.1 Å². The number of hydrogen-bond acceptors (Lipinski definition) is 5. The molecule has 2 unspecified atom stereocenters. The van der Waals surface area contributed by atoms with Crippen molar-refractivity contribution in [2.24, 2.45) is 5.73 Å². The summed E-state index contributed by atoms with van der Waals surface area (Å²) in [6.45, 7) is 0.415. The molecule has 0 spiro atoms. The molecule has 3 amide bonds. The van der Waals surface area contributed by atoms with Crippen molar-refractivity contribution in [2.45, 2.75) is 31.2 Å². The molecule has 0 radical (unpaired) electrons. The van der Waals surface area contributed by atoms with Crippen molar-refractivity contribution in [3.63, 3.8) is 0 Å². The van der Waals surface area contributed by atoms with Gasteiger partial charge in [0.05, 0.1) is 0 Å². The second-order valence-electron chi connectivity index (χ2n) is 7.35. The Balaban J connectivity index is 0.00000341. The summed E-state index contributed by atoms with van der Waals surface area (Å²) in [4.78, 5) is 38.9. The fourth-order valence-corrected chi connectivity index (χ4v) is 3.06. The van der Waals surface area contributed by atoms with Gasteiger partial charge in [-0.1, -0.05) is 42.5 Å². The first-order chi connectivity index (χ1) is 14.4. The summed E-state index contributed by atoms with van der Waals surface area (Å²) < 4.78 is 5.28. The van der Waals surface area contributed by atoms with Gasteiger partial charge in [-0.3, -0.25) is 14.4 Å². The normalized spacial score (nSPS) is 17.6. The van der Waals surface area contributed by atoms with Crippen LogP contribution in [0.2, 0.25) is 0 Å². The van der Waals surface area contributed by atoms with Gasteiger partial charge in [-0.2, -0.15) is 0 Å². The molecule has 3 rings (SSSR count). The Morgan fingerprint density at radius 2 is 1.58 bits per heavy atom. The van der Waals surface area contributed by atoms with Gasteiger partial charge < -0.3 is 26.0 Å². The summed E-state index contributed by atoms with van der Waals surface area (Å²) in [5, 5.41) is 5.44. The SMILES string of the molecule is CN(C)C(=O)[C@H](Cc1ccccc1)NC(=O)C1OC1C(=O)Nc1ccc(CN)cc1.Cl. The fraction of sp³-hybridized carbons (Fsp3) is 0.318. The van der Waals surface area contributed by atoms with Gasteiger partial charge >= 0.3 is 0 Å². The molecular weight excluding hydrogens is 420 g/mol. The van der Waals surface area contributed by atoms with Crippen LogP contribution in [0.15, 0.2) is 54.6 Å². The van der Waals surface area contributed by atoms with Crippen LogP contribution in [0, 0.1) is 0 Å². The molecule has 1 fully saturated rings. The maximum atomic E-state index is 12.6. The third-order valence-corrected chi connectivity index (χ3v) is 4.80. The molecule has 1 saturated heterocycles. The minimum atomic E-state index is -0.915. The number of nitrogens with one attached hydrogen (secondary N) is 2. The van der Waals surface area contributed by atoms with Gasteiger partial charge in [0.15, 0.2) is 12.2 Å². The van der Waals surface area contributed by atoms with Crippen LogP contribution in [0.3, 0.4) is 0 Å². The Labute approximate surface area is 187 Å². The molecule has 0 aromatic heterocycles. The van der Waals surface area contributed by atoms with Crippen LogP contribution in [0.5, 0.6) is 0 Å². The molecule has 0 aliphatic carbocycles. The number of carbonyl (C=O) groups excluding carboxylic acids is 3. The Hall–Kier alpha value is -2.94. The molecule has 8 nitrogen and oxygen atoms in total. The summed E-state index contributed by atoms with van der Waals surface area (Å²) in [5.74, 6) is -1.12. The largest absolute Gasteiger partial charge is 0.349 e. The van der Waals surface area contributed by atoms with E-state index in [0.717, 1.165) is 11.1 Å². The van der Waals surface area contributed by atoms with Crippen molar-refractivity contribution in [1.29, 1.82) is 0 Å². The maximum absolute atomic E-state index is 12.6. The minimum absolute atomic E-state index is 0. The van der Waals surface area contributed by atoms with Gasteiger partial charge in [0.25, 0.3) is 11.8 Å². The van der Waals surface area contributed by atoms with Gasteiger partial charge in [-0.15, -0.1) is 12.4 Å². The number of carbonyl (C=O) groups is 3. The average Bonchev–Trinajstić information content (AvgIpc) is 3.55. The van der Waals surface area contributed by atoms with Gasteiger partial charge in [-0.25, -0.2) is 0 Å². The van der Waals surface area contributed by atoms with Crippen molar-refractivity contribution in [3.05, 3.63) is 65.7 Å². The van der Waals surface area contributed by atoms with E-state index < -0.39 is 30.1 Å². The molecule has 31 heavy (non-hydrogen) atoms. The fourth-order valence-electron chi connectivity index (χ4n) is 3.06. The number of anilines is 1. The van der Waals surface area contributed by atoms with Crippen LogP contribution >= 0.6 is 12.4 Å². The maximum Gasteiger partial charge on any atom is 0.256 e. The number of amides is 3. The van der Waals surface area contributed by atoms with E-state index in [2.05, 4.69) is 10.6 Å². The highest BCUT2D eigenvalue weighted by Crippen LogP contribution is 2.24. The topological polar surface area (TPSA) is 117 Å². The van der Waals surface area contributed by atoms with E-state index >= 15 is 0 Å². The molecule has 166 valence electrons. The smallest absolute Gasteiger partial charge is 0.256 e. The molecular formula is C22H27ClN4O4. The highest BCUT2D eigenvalue weighted by Gasteiger charge is 2.51. The second kappa shape index (κ2) is 10.9. The molecule has 4 N–H and O–H groups in total. The van der Waals surface area contributed by atoms with Gasteiger partial charge in [0.1, 0.15) is 6.04 Å². The Kier molecular flexibility index (Phi) is 8.56. The third-order valence-electron chi connectivity index (χ3n) is 4.80. The number of rotatable bonds is 8. The van der Waals surface area contributed by atoms with E-state index in [4.69, 9.17) is 10.5 Å². The van der Waals surface area contributed by atoms with E-state index in [9.17, 15) is 14.4 Å². The van der Waals surface area contributed by atoms with Crippen LogP contribution in [0.25, 0.3) is 0 Å². The Morgan fingerprint density at radius 3 is 2.16 bits per heavy atom. The Bertz CT molecular complexity index is 905. The van der Waals surface area contributed by atoms with Crippen LogP contribution < -0.4 is 16.4 Å². The van der Waals surface area contributed by atoms with E-state index in [-0.39, 0.29) is 18.3 Å².